The third-order valence-corrected chi connectivity index (χ3v) is 4.98. The van der Waals surface area contributed by atoms with Crippen LogP contribution < -0.4 is 5.32 Å². The van der Waals surface area contributed by atoms with Gasteiger partial charge in [-0.3, -0.25) is 0 Å². The standard InChI is InChI=1S/C17H27N3/c1-4-5-14-13-10-18-11-15(13)20-16(19-14)12-6-8-17(2,3)9-7-12/h12,18H,4-11H2,1-3H3. The second-order valence-electron chi connectivity index (χ2n) is 7.25. The van der Waals surface area contributed by atoms with Gasteiger partial charge in [-0.05, 0) is 37.5 Å². The summed E-state index contributed by atoms with van der Waals surface area (Å²) >= 11 is 0. The molecule has 1 aromatic rings. The van der Waals surface area contributed by atoms with Crippen LogP contribution in [0.5, 0.6) is 0 Å². The number of nitrogens with one attached hydrogen (secondary N) is 1. The van der Waals surface area contributed by atoms with Crippen LogP contribution in [0.2, 0.25) is 0 Å². The zero-order chi connectivity index (χ0) is 14.2. The molecule has 1 aliphatic heterocycles. The molecule has 3 rings (SSSR count). The Kier molecular flexibility index (Phi) is 3.80. The molecule has 1 N–H and O–H groups in total. The predicted octanol–water partition coefficient (Wildman–Crippen LogP) is 3.72. The zero-order valence-electron chi connectivity index (χ0n) is 13.1. The number of aryl methyl sites for hydroxylation is 1. The van der Waals surface area contributed by atoms with Crippen molar-refractivity contribution in [2.24, 2.45) is 5.41 Å². The molecule has 3 heteroatoms. The van der Waals surface area contributed by atoms with Crippen molar-refractivity contribution in [3.05, 3.63) is 22.8 Å². The summed E-state index contributed by atoms with van der Waals surface area (Å²) in [5.41, 5.74) is 4.47. The fraction of sp³-hybridized carbons (Fsp3) is 0.765. The SMILES string of the molecule is CCCc1nc(C2CCC(C)(C)CC2)nc2c1CNC2. The number of hydrogen-bond donors (Lipinski definition) is 1. The van der Waals surface area contributed by atoms with Gasteiger partial charge in [-0.25, -0.2) is 9.97 Å². The van der Waals surface area contributed by atoms with E-state index >= 15 is 0 Å². The third-order valence-electron chi connectivity index (χ3n) is 4.98. The molecule has 0 amide bonds. The highest BCUT2D eigenvalue weighted by molar-refractivity contribution is 5.30. The average Bonchev–Trinajstić information content (AvgIpc) is 2.87. The summed E-state index contributed by atoms with van der Waals surface area (Å²) in [6.07, 6.45) is 7.38. The van der Waals surface area contributed by atoms with Gasteiger partial charge in [0, 0.05) is 30.3 Å². The summed E-state index contributed by atoms with van der Waals surface area (Å²) in [6.45, 7) is 8.90. The van der Waals surface area contributed by atoms with Gasteiger partial charge in [-0.1, -0.05) is 27.2 Å². The van der Waals surface area contributed by atoms with Crippen molar-refractivity contribution < 1.29 is 0 Å². The normalized spacial score (nSPS) is 21.9. The maximum atomic E-state index is 4.95. The maximum absolute atomic E-state index is 4.95. The lowest BCUT2D eigenvalue weighted by molar-refractivity contribution is 0.220. The molecule has 0 aromatic carbocycles. The monoisotopic (exact) mass is 273 g/mol. The number of fused-ring (bicyclic) bond motifs is 1. The molecule has 0 spiro atoms. The molecule has 0 radical (unpaired) electrons. The van der Waals surface area contributed by atoms with Crippen LogP contribution >= 0.6 is 0 Å². The molecule has 20 heavy (non-hydrogen) atoms. The van der Waals surface area contributed by atoms with Gasteiger partial charge in [-0.15, -0.1) is 0 Å². The fourth-order valence-electron chi connectivity index (χ4n) is 3.54. The summed E-state index contributed by atoms with van der Waals surface area (Å²) in [4.78, 5) is 9.85. The molecule has 0 atom stereocenters. The molecule has 0 saturated heterocycles. The molecule has 1 aromatic heterocycles. The minimum absolute atomic E-state index is 0.515. The third kappa shape index (κ3) is 2.73. The van der Waals surface area contributed by atoms with Crippen molar-refractivity contribution in [1.82, 2.24) is 15.3 Å². The second kappa shape index (κ2) is 5.44. The van der Waals surface area contributed by atoms with Crippen LogP contribution in [0.15, 0.2) is 0 Å². The Hall–Kier alpha value is -0.960. The maximum Gasteiger partial charge on any atom is 0.132 e. The Balaban J connectivity index is 1.85. The summed E-state index contributed by atoms with van der Waals surface area (Å²) in [5, 5.41) is 3.43. The molecule has 2 aliphatic rings. The Bertz CT molecular complexity index is 483. The second-order valence-corrected chi connectivity index (χ2v) is 7.25. The van der Waals surface area contributed by atoms with Crippen LogP contribution in [0.3, 0.4) is 0 Å². The Labute approximate surface area is 122 Å². The highest BCUT2D eigenvalue weighted by atomic mass is 15.0. The molecule has 0 unspecified atom stereocenters. The minimum atomic E-state index is 0.515. The average molecular weight is 273 g/mol. The topological polar surface area (TPSA) is 37.8 Å². The van der Waals surface area contributed by atoms with Crippen molar-refractivity contribution in [3.63, 3.8) is 0 Å². The molecule has 3 nitrogen and oxygen atoms in total. The molecule has 1 aliphatic carbocycles. The first kappa shape index (κ1) is 14.0. The number of nitrogens with zero attached hydrogens (tertiary/aromatic N) is 2. The quantitative estimate of drug-likeness (QED) is 0.912. The first-order chi connectivity index (χ1) is 9.59. The molecule has 110 valence electrons. The van der Waals surface area contributed by atoms with Gasteiger partial charge in [0.25, 0.3) is 0 Å². The van der Waals surface area contributed by atoms with Crippen LogP contribution in [0.25, 0.3) is 0 Å². The first-order valence-electron chi connectivity index (χ1n) is 8.18. The van der Waals surface area contributed by atoms with E-state index in [1.165, 1.54) is 49.1 Å². The van der Waals surface area contributed by atoms with Crippen molar-refractivity contribution in [2.45, 2.75) is 78.3 Å². The minimum Gasteiger partial charge on any atom is -0.307 e. The largest absolute Gasteiger partial charge is 0.307 e. The van der Waals surface area contributed by atoms with Gasteiger partial charge in [0.05, 0.1) is 5.69 Å². The van der Waals surface area contributed by atoms with Crippen LogP contribution in [-0.4, -0.2) is 9.97 Å². The van der Waals surface area contributed by atoms with E-state index in [-0.39, 0.29) is 0 Å². The van der Waals surface area contributed by atoms with Crippen LogP contribution in [0, 0.1) is 5.41 Å². The predicted molar refractivity (Wildman–Crippen MR) is 81.6 cm³/mol. The van der Waals surface area contributed by atoms with Gasteiger partial charge in [-0.2, -0.15) is 0 Å². The van der Waals surface area contributed by atoms with Gasteiger partial charge in [0.2, 0.25) is 0 Å². The lowest BCUT2D eigenvalue weighted by Gasteiger charge is -2.33. The smallest absolute Gasteiger partial charge is 0.132 e. The number of hydrogen-bond acceptors (Lipinski definition) is 3. The Morgan fingerprint density at radius 1 is 1.15 bits per heavy atom. The number of aromatic nitrogens is 2. The van der Waals surface area contributed by atoms with E-state index in [1.54, 1.807) is 0 Å². The zero-order valence-corrected chi connectivity index (χ0v) is 13.1. The number of rotatable bonds is 3. The Morgan fingerprint density at radius 3 is 2.60 bits per heavy atom. The van der Waals surface area contributed by atoms with Crippen LogP contribution in [0.1, 0.15) is 81.6 Å². The summed E-state index contributed by atoms with van der Waals surface area (Å²) in [7, 11) is 0. The van der Waals surface area contributed by atoms with E-state index in [0.717, 1.165) is 25.3 Å². The van der Waals surface area contributed by atoms with Crippen molar-refractivity contribution >= 4 is 0 Å². The van der Waals surface area contributed by atoms with Gasteiger partial charge >= 0.3 is 0 Å². The van der Waals surface area contributed by atoms with E-state index in [9.17, 15) is 0 Å². The lowest BCUT2D eigenvalue weighted by Crippen LogP contribution is -2.22. The lowest BCUT2D eigenvalue weighted by atomic mass is 9.73. The molecule has 2 heterocycles. The fourth-order valence-corrected chi connectivity index (χ4v) is 3.54. The highest BCUT2D eigenvalue weighted by Crippen LogP contribution is 2.41. The van der Waals surface area contributed by atoms with Crippen LogP contribution in [0.4, 0.5) is 0 Å². The Morgan fingerprint density at radius 2 is 1.90 bits per heavy atom. The van der Waals surface area contributed by atoms with Crippen molar-refractivity contribution in [2.75, 3.05) is 0 Å². The van der Waals surface area contributed by atoms with E-state index in [4.69, 9.17) is 9.97 Å². The van der Waals surface area contributed by atoms with Gasteiger partial charge in [0.15, 0.2) is 0 Å². The molecular formula is C17H27N3. The molecule has 0 bridgehead atoms. The molecule has 1 fully saturated rings. The van der Waals surface area contributed by atoms with Crippen LogP contribution in [-0.2, 0) is 19.5 Å². The van der Waals surface area contributed by atoms with E-state index in [0.29, 0.717) is 11.3 Å². The summed E-state index contributed by atoms with van der Waals surface area (Å²) < 4.78 is 0. The van der Waals surface area contributed by atoms with Gasteiger partial charge in [0.1, 0.15) is 5.82 Å². The van der Waals surface area contributed by atoms with Crippen molar-refractivity contribution in [1.29, 1.82) is 0 Å². The summed E-state index contributed by atoms with van der Waals surface area (Å²) in [6, 6.07) is 0. The van der Waals surface area contributed by atoms with Gasteiger partial charge < -0.3 is 5.32 Å². The summed E-state index contributed by atoms with van der Waals surface area (Å²) in [5.74, 6) is 1.72. The van der Waals surface area contributed by atoms with Crippen molar-refractivity contribution in [3.8, 4) is 0 Å². The highest BCUT2D eigenvalue weighted by Gasteiger charge is 2.30. The van der Waals surface area contributed by atoms with E-state index < -0.39 is 0 Å². The molecule has 1 saturated carbocycles. The van der Waals surface area contributed by atoms with E-state index in [2.05, 4.69) is 26.1 Å². The first-order valence-corrected chi connectivity index (χ1v) is 8.18. The van der Waals surface area contributed by atoms with E-state index in [1.807, 2.05) is 0 Å². The molecular weight excluding hydrogens is 246 g/mol.